The second-order valence-corrected chi connectivity index (χ2v) is 6.94. The highest BCUT2D eigenvalue weighted by molar-refractivity contribution is 14.1. The summed E-state index contributed by atoms with van der Waals surface area (Å²) in [6.07, 6.45) is 2.70. The summed E-state index contributed by atoms with van der Waals surface area (Å²) in [7, 11) is 0. The van der Waals surface area contributed by atoms with E-state index in [0.29, 0.717) is 11.5 Å². The van der Waals surface area contributed by atoms with Gasteiger partial charge in [0.15, 0.2) is 0 Å². The number of rotatable bonds is 3. The molecule has 2 rings (SSSR count). The van der Waals surface area contributed by atoms with Crippen LogP contribution < -0.4 is 5.73 Å². The molecular formula is C12H16ClI2NO2. The number of aliphatic hydroxyl groups excluding tert-OH is 1. The molecule has 6 heteroatoms. The SMILES string of the molecule is Cl.N[C@H](c1cc(I)cc(I)c1O)[C@@H](O)C1CCC1. The molecule has 0 saturated heterocycles. The van der Waals surface area contributed by atoms with E-state index in [1.54, 1.807) is 0 Å². The van der Waals surface area contributed by atoms with Crippen molar-refractivity contribution in [2.24, 2.45) is 11.7 Å². The Kier molecular flexibility index (Phi) is 6.43. The van der Waals surface area contributed by atoms with Gasteiger partial charge in [0, 0.05) is 9.13 Å². The van der Waals surface area contributed by atoms with Crippen LogP contribution in [0, 0.1) is 13.1 Å². The fourth-order valence-electron chi connectivity index (χ4n) is 2.10. The first kappa shape index (κ1) is 16.7. The monoisotopic (exact) mass is 495 g/mol. The van der Waals surface area contributed by atoms with Crippen LogP contribution in [0.3, 0.4) is 0 Å². The lowest BCUT2D eigenvalue weighted by Gasteiger charge is -2.34. The van der Waals surface area contributed by atoms with Gasteiger partial charge >= 0.3 is 0 Å². The van der Waals surface area contributed by atoms with Gasteiger partial charge in [0.2, 0.25) is 0 Å². The molecule has 0 amide bonds. The van der Waals surface area contributed by atoms with Crippen molar-refractivity contribution >= 4 is 57.6 Å². The van der Waals surface area contributed by atoms with Gasteiger partial charge in [-0.25, -0.2) is 0 Å². The number of phenols is 1. The number of nitrogens with two attached hydrogens (primary N) is 1. The summed E-state index contributed by atoms with van der Waals surface area (Å²) in [5.41, 5.74) is 6.72. The van der Waals surface area contributed by atoms with Crippen molar-refractivity contribution in [3.05, 3.63) is 24.8 Å². The average molecular weight is 496 g/mol. The highest BCUT2D eigenvalue weighted by atomic mass is 127. The zero-order valence-corrected chi connectivity index (χ0v) is 14.8. The van der Waals surface area contributed by atoms with Gasteiger partial charge in [-0.15, -0.1) is 12.4 Å². The summed E-state index contributed by atoms with van der Waals surface area (Å²) in [6.45, 7) is 0. The van der Waals surface area contributed by atoms with Crippen LogP contribution in [0.25, 0.3) is 0 Å². The van der Waals surface area contributed by atoms with Crippen LogP contribution in [0.2, 0.25) is 0 Å². The van der Waals surface area contributed by atoms with Gasteiger partial charge in [0.05, 0.1) is 15.7 Å². The lowest BCUT2D eigenvalue weighted by molar-refractivity contribution is 0.0407. The molecule has 1 fully saturated rings. The molecule has 0 aromatic heterocycles. The zero-order chi connectivity index (χ0) is 12.6. The third-order valence-corrected chi connectivity index (χ3v) is 4.86. The third kappa shape index (κ3) is 3.41. The predicted octanol–water partition coefficient (Wildman–Crippen LogP) is 3.18. The van der Waals surface area contributed by atoms with Crippen molar-refractivity contribution in [1.82, 2.24) is 0 Å². The van der Waals surface area contributed by atoms with E-state index in [2.05, 4.69) is 45.2 Å². The summed E-state index contributed by atoms with van der Waals surface area (Å²) in [6, 6.07) is 3.25. The number of aliphatic hydroxyl groups is 1. The van der Waals surface area contributed by atoms with Crippen molar-refractivity contribution in [3.63, 3.8) is 0 Å². The molecule has 0 radical (unpaired) electrons. The summed E-state index contributed by atoms with van der Waals surface area (Å²) < 4.78 is 1.80. The molecule has 0 aliphatic heterocycles. The van der Waals surface area contributed by atoms with Crippen LogP contribution in [-0.2, 0) is 0 Å². The van der Waals surface area contributed by atoms with Crippen LogP contribution in [0.4, 0.5) is 0 Å². The van der Waals surface area contributed by atoms with Crippen molar-refractivity contribution in [3.8, 4) is 5.75 Å². The number of benzene rings is 1. The predicted molar refractivity (Wildman–Crippen MR) is 91.1 cm³/mol. The van der Waals surface area contributed by atoms with Gasteiger partial charge in [0.25, 0.3) is 0 Å². The normalized spacial score (nSPS) is 18.7. The van der Waals surface area contributed by atoms with Gasteiger partial charge in [0.1, 0.15) is 5.75 Å². The second kappa shape index (κ2) is 6.92. The van der Waals surface area contributed by atoms with E-state index < -0.39 is 12.1 Å². The quantitative estimate of drug-likeness (QED) is 0.565. The largest absolute Gasteiger partial charge is 0.506 e. The van der Waals surface area contributed by atoms with Crippen molar-refractivity contribution in [2.75, 3.05) is 0 Å². The first-order chi connectivity index (χ1) is 8.00. The zero-order valence-electron chi connectivity index (χ0n) is 9.64. The van der Waals surface area contributed by atoms with E-state index in [0.717, 1.165) is 20.0 Å². The number of halogens is 3. The molecule has 0 spiro atoms. The van der Waals surface area contributed by atoms with Gasteiger partial charge < -0.3 is 15.9 Å². The average Bonchev–Trinajstić information content (AvgIpc) is 2.19. The fraction of sp³-hybridized carbons (Fsp3) is 0.500. The maximum Gasteiger partial charge on any atom is 0.133 e. The molecule has 1 aliphatic carbocycles. The third-order valence-electron chi connectivity index (χ3n) is 3.42. The van der Waals surface area contributed by atoms with Gasteiger partial charge in [-0.2, -0.15) is 0 Å². The Labute approximate surface area is 140 Å². The molecule has 0 bridgehead atoms. The van der Waals surface area contributed by atoms with Crippen LogP contribution >= 0.6 is 57.6 Å². The molecule has 102 valence electrons. The Bertz CT molecular complexity index is 427. The topological polar surface area (TPSA) is 66.5 Å². The second-order valence-electron chi connectivity index (χ2n) is 4.53. The van der Waals surface area contributed by atoms with Crippen molar-refractivity contribution in [1.29, 1.82) is 0 Å². The molecule has 1 aromatic rings. The Morgan fingerprint density at radius 3 is 2.39 bits per heavy atom. The summed E-state index contributed by atoms with van der Waals surface area (Å²) in [4.78, 5) is 0. The number of aromatic hydroxyl groups is 1. The van der Waals surface area contributed by atoms with Crippen molar-refractivity contribution in [2.45, 2.75) is 31.4 Å². The maximum atomic E-state index is 10.2. The smallest absolute Gasteiger partial charge is 0.133 e. The standard InChI is InChI=1S/C12H15I2NO2.ClH/c13-7-4-8(12(17)9(14)5-7)10(15)11(16)6-2-1-3-6;/h4-6,10-11,16-17H,1-3,15H2;1H/t10-,11+;/m1./s1. The lowest BCUT2D eigenvalue weighted by atomic mass is 9.77. The first-order valence-corrected chi connectivity index (χ1v) is 7.78. The Morgan fingerprint density at radius 1 is 1.28 bits per heavy atom. The molecular weight excluding hydrogens is 479 g/mol. The molecule has 18 heavy (non-hydrogen) atoms. The van der Waals surface area contributed by atoms with Crippen LogP contribution in [0.1, 0.15) is 30.9 Å². The Morgan fingerprint density at radius 2 is 1.89 bits per heavy atom. The van der Waals surface area contributed by atoms with Crippen LogP contribution in [0.15, 0.2) is 12.1 Å². The molecule has 1 aliphatic rings. The van der Waals surface area contributed by atoms with E-state index in [1.807, 2.05) is 12.1 Å². The van der Waals surface area contributed by atoms with Gasteiger partial charge in [-0.3, -0.25) is 0 Å². The first-order valence-electron chi connectivity index (χ1n) is 5.62. The summed E-state index contributed by atoms with van der Waals surface area (Å²) in [5, 5.41) is 20.2. The molecule has 4 N–H and O–H groups in total. The molecule has 1 saturated carbocycles. The number of hydrogen-bond acceptors (Lipinski definition) is 3. The minimum absolute atomic E-state index is 0. The van der Waals surface area contributed by atoms with E-state index in [-0.39, 0.29) is 18.2 Å². The van der Waals surface area contributed by atoms with E-state index in [1.165, 1.54) is 6.42 Å². The maximum absolute atomic E-state index is 10.2. The van der Waals surface area contributed by atoms with Gasteiger partial charge in [-0.1, -0.05) is 6.42 Å². The van der Waals surface area contributed by atoms with Crippen LogP contribution in [-0.4, -0.2) is 16.3 Å². The Balaban J connectivity index is 0.00000162. The number of hydrogen-bond donors (Lipinski definition) is 3. The van der Waals surface area contributed by atoms with Crippen LogP contribution in [0.5, 0.6) is 5.75 Å². The van der Waals surface area contributed by atoms with Crippen molar-refractivity contribution < 1.29 is 10.2 Å². The van der Waals surface area contributed by atoms with E-state index >= 15 is 0 Å². The van der Waals surface area contributed by atoms with Gasteiger partial charge in [-0.05, 0) is 76.1 Å². The minimum atomic E-state index is -0.552. The highest BCUT2D eigenvalue weighted by Crippen LogP contribution is 2.38. The molecule has 0 unspecified atom stereocenters. The van der Waals surface area contributed by atoms with E-state index in [9.17, 15) is 10.2 Å². The molecule has 1 aromatic carbocycles. The highest BCUT2D eigenvalue weighted by Gasteiger charge is 2.32. The van der Waals surface area contributed by atoms with E-state index in [4.69, 9.17) is 5.73 Å². The Hall–Kier alpha value is 0.690. The fourth-order valence-corrected chi connectivity index (χ4v) is 3.99. The molecule has 3 nitrogen and oxygen atoms in total. The molecule has 2 atom stereocenters. The molecule has 0 heterocycles. The summed E-state index contributed by atoms with van der Waals surface area (Å²) in [5.74, 6) is 0.497. The minimum Gasteiger partial charge on any atom is -0.506 e. The summed E-state index contributed by atoms with van der Waals surface area (Å²) >= 11 is 4.27. The lowest BCUT2D eigenvalue weighted by Crippen LogP contribution is -2.36. The number of phenolic OH excluding ortho intramolecular Hbond substituents is 1.